The van der Waals surface area contributed by atoms with Gasteiger partial charge in [0.05, 0.1) is 11.5 Å². The molecule has 0 aromatic carbocycles. The number of aromatic nitrogens is 2. The molecule has 0 bridgehead atoms. The van der Waals surface area contributed by atoms with Crippen molar-refractivity contribution in [1.29, 1.82) is 0 Å². The molecule has 0 aliphatic rings. The summed E-state index contributed by atoms with van der Waals surface area (Å²) in [5.41, 5.74) is -0.240. The lowest BCUT2D eigenvalue weighted by Crippen LogP contribution is -2.10. The summed E-state index contributed by atoms with van der Waals surface area (Å²) in [4.78, 5) is 18.6. The molecule has 0 amide bonds. The Kier molecular flexibility index (Phi) is 5.04. The van der Waals surface area contributed by atoms with E-state index in [4.69, 9.17) is 4.74 Å². The van der Waals surface area contributed by atoms with Crippen LogP contribution in [0.15, 0.2) is 12.7 Å². The quantitative estimate of drug-likeness (QED) is 0.453. The van der Waals surface area contributed by atoms with E-state index in [1.807, 2.05) is 6.92 Å². The normalized spacial score (nSPS) is 9.89. The molecule has 1 aromatic heterocycles. The second kappa shape index (κ2) is 6.53. The van der Waals surface area contributed by atoms with E-state index in [-0.39, 0.29) is 17.4 Å². The number of aryl methyl sites for hydroxylation is 1. The summed E-state index contributed by atoms with van der Waals surface area (Å²) in [6.45, 7) is 7.85. The average Bonchev–Trinajstić information content (AvgIpc) is 2.35. The molecular weight excluding hydrogens is 236 g/mol. The molecule has 0 radical (unpaired) electrons. The molecule has 0 saturated heterocycles. The zero-order valence-electron chi connectivity index (χ0n) is 10.5. The van der Waals surface area contributed by atoms with Crippen LogP contribution >= 0.6 is 0 Å². The largest absolute Gasteiger partial charge is 0.473 e. The van der Waals surface area contributed by atoms with E-state index in [0.717, 1.165) is 0 Å². The van der Waals surface area contributed by atoms with E-state index in [1.165, 1.54) is 0 Å². The zero-order valence-corrected chi connectivity index (χ0v) is 10.5. The van der Waals surface area contributed by atoms with Gasteiger partial charge < -0.3 is 10.1 Å². The van der Waals surface area contributed by atoms with Crippen LogP contribution in [0.5, 0.6) is 5.88 Å². The molecule has 0 aliphatic carbocycles. The van der Waals surface area contributed by atoms with Crippen LogP contribution in [0.25, 0.3) is 0 Å². The Balaban J connectivity index is 3.29. The highest BCUT2D eigenvalue weighted by Gasteiger charge is 2.25. The SMILES string of the molecule is C=CCNc1nc(CC)nc(OCC)c1[N+](=O)[O-]. The van der Waals surface area contributed by atoms with Gasteiger partial charge >= 0.3 is 5.69 Å². The van der Waals surface area contributed by atoms with Gasteiger partial charge in [0.1, 0.15) is 5.82 Å². The minimum absolute atomic E-state index is 0.000845. The van der Waals surface area contributed by atoms with Crippen molar-refractivity contribution < 1.29 is 9.66 Å². The molecule has 0 unspecified atom stereocenters. The van der Waals surface area contributed by atoms with Gasteiger partial charge in [-0.15, -0.1) is 6.58 Å². The third kappa shape index (κ3) is 3.16. The van der Waals surface area contributed by atoms with Crippen molar-refractivity contribution in [3.63, 3.8) is 0 Å². The minimum Gasteiger partial charge on any atom is -0.473 e. The predicted octanol–water partition coefficient (Wildman–Crippen LogP) is 1.94. The van der Waals surface area contributed by atoms with Crippen LogP contribution in [0.4, 0.5) is 11.5 Å². The van der Waals surface area contributed by atoms with E-state index in [0.29, 0.717) is 25.4 Å². The van der Waals surface area contributed by atoms with Crippen molar-refractivity contribution in [1.82, 2.24) is 9.97 Å². The Hall–Kier alpha value is -2.18. The van der Waals surface area contributed by atoms with Gasteiger partial charge in [0.2, 0.25) is 5.82 Å². The van der Waals surface area contributed by atoms with E-state index in [1.54, 1.807) is 13.0 Å². The van der Waals surface area contributed by atoms with Crippen molar-refractivity contribution in [2.24, 2.45) is 0 Å². The number of nitrogens with zero attached hydrogens (tertiary/aromatic N) is 3. The first kappa shape index (κ1) is 13.9. The number of hydrogen-bond donors (Lipinski definition) is 1. The number of rotatable bonds is 7. The fourth-order valence-electron chi connectivity index (χ4n) is 1.33. The van der Waals surface area contributed by atoms with E-state index >= 15 is 0 Å². The van der Waals surface area contributed by atoms with Gasteiger partial charge in [0.25, 0.3) is 5.88 Å². The lowest BCUT2D eigenvalue weighted by atomic mass is 10.4. The molecule has 1 N–H and O–H groups in total. The summed E-state index contributed by atoms with van der Waals surface area (Å²) in [5.74, 6) is 0.659. The van der Waals surface area contributed by atoms with Crippen LogP contribution in [0.2, 0.25) is 0 Å². The van der Waals surface area contributed by atoms with Gasteiger partial charge in [-0.2, -0.15) is 4.98 Å². The van der Waals surface area contributed by atoms with E-state index < -0.39 is 4.92 Å². The fraction of sp³-hybridized carbons (Fsp3) is 0.455. The molecule has 0 saturated carbocycles. The maximum Gasteiger partial charge on any atom is 0.372 e. The highest BCUT2D eigenvalue weighted by atomic mass is 16.6. The van der Waals surface area contributed by atoms with Crippen LogP contribution in [0.1, 0.15) is 19.7 Å². The Morgan fingerprint density at radius 2 is 2.22 bits per heavy atom. The first-order chi connectivity index (χ1) is 8.63. The molecule has 7 nitrogen and oxygen atoms in total. The third-order valence-electron chi connectivity index (χ3n) is 2.09. The highest BCUT2D eigenvalue weighted by molar-refractivity contribution is 5.61. The molecule has 0 spiro atoms. The Labute approximate surface area is 105 Å². The van der Waals surface area contributed by atoms with Crippen LogP contribution in [0, 0.1) is 10.1 Å². The summed E-state index contributed by atoms with van der Waals surface area (Å²) in [6, 6.07) is 0. The lowest BCUT2D eigenvalue weighted by molar-refractivity contribution is -0.385. The molecule has 1 rings (SSSR count). The zero-order chi connectivity index (χ0) is 13.5. The van der Waals surface area contributed by atoms with Crippen molar-refractivity contribution in [2.75, 3.05) is 18.5 Å². The average molecular weight is 252 g/mol. The monoisotopic (exact) mass is 252 g/mol. The molecular formula is C11H16N4O3. The standard InChI is InChI=1S/C11H16N4O3/c1-4-7-12-10-9(15(16)17)11(18-6-3)14-8(5-2)13-10/h4H,1,5-7H2,2-3H3,(H,12,13,14). The molecule has 7 heteroatoms. The van der Waals surface area contributed by atoms with Crippen molar-refractivity contribution in [2.45, 2.75) is 20.3 Å². The maximum atomic E-state index is 11.1. The number of anilines is 1. The van der Waals surface area contributed by atoms with Gasteiger partial charge in [-0.25, -0.2) is 4.98 Å². The summed E-state index contributed by atoms with van der Waals surface area (Å²) >= 11 is 0. The van der Waals surface area contributed by atoms with Gasteiger partial charge in [-0.3, -0.25) is 10.1 Å². The van der Waals surface area contributed by atoms with Gasteiger partial charge in [0.15, 0.2) is 0 Å². The number of ether oxygens (including phenoxy) is 1. The number of hydrogen-bond acceptors (Lipinski definition) is 6. The molecule has 0 atom stereocenters. The Morgan fingerprint density at radius 1 is 1.50 bits per heavy atom. The Bertz CT molecular complexity index is 448. The highest BCUT2D eigenvalue weighted by Crippen LogP contribution is 2.31. The van der Waals surface area contributed by atoms with Crippen LogP contribution in [-0.4, -0.2) is 28.0 Å². The van der Waals surface area contributed by atoms with E-state index in [9.17, 15) is 10.1 Å². The molecule has 18 heavy (non-hydrogen) atoms. The summed E-state index contributed by atoms with van der Waals surface area (Å²) in [6.07, 6.45) is 2.17. The minimum atomic E-state index is -0.546. The maximum absolute atomic E-state index is 11.1. The van der Waals surface area contributed by atoms with Gasteiger partial charge in [-0.05, 0) is 6.92 Å². The number of nitro groups is 1. The van der Waals surface area contributed by atoms with Gasteiger partial charge in [-0.1, -0.05) is 13.0 Å². The summed E-state index contributed by atoms with van der Waals surface area (Å²) in [7, 11) is 0. The van der Waals surface area contributed by atoms with Crippen molar-refractivity contribution >= 4 is 11.5 Å². The predicted molar refractivity (Wildman–Crippen MR) is 67.9 cm³/mol. The van der Waals surface area contributed by atoms with Crippen LogP contribution in [0.3, 0.4) is 0 Å². The van der Waals surface area contributed by atoms with Gasteiger partial charge in [0, 0.05) is 13.0 Å². The topological polar surface area (TPSA) is 90.2 Å². The first-order valence-electron chi connectivity index (χ1n) is 5.66. The second-order valence-electron chi connectivity index (χ2n) is 3.36. The number of nitrogens with one attached hydrogen (secondary N) is 1. The Morgan fingerprint density at radius 3 is 2.72 bits per heavy atom. The molecule has 1 aromatic rings. The molecule has 0 aliphatic heterocycles. The summed E-state index contributed by atoms with van der Waals surface area (Å²) < 4.78 is 5.20. The van der Waals surface area contributed by atoms with E-state index in [2.05, 4.69) is 21.9 Å². The smallest absolute Gasteiger partial charge is 0.372 e. The lowest BCUT2D eigenvalue weighted by Gasteiger charge is -2.09. The molecule has 98 valence electrons. The fourth-order valence-corrected chi connectivity index (χ4v) is 1.33. The van der Waals surface area contributed by atoms with Crippen molar-refractivity contribution in [3.05, 3.63) is 28.6 Å². The van der Waals surface area contributed by atoms with Crippen LogP contribution < -0.4 is 10.1 Å². The van der Waals surface area contributed by atoms with Crippen LogP contribution in [-0.2, 0) is 6.42 Å². The summed E-state index contributed by atoms with van der Waals surface area (Å²) in [5, 5.41) is 13.9. The first-order valence-corrected chi connectivity index (χ1v) is 5.66. The molecule has 0 fully saturated rings. The second-order valence-corrected chi connectivity index (χ2v) is 3.36. The third-order valence-corrected chi connectivity index (χ3v) is 2.09. The molecule has 1 heterocycles. The van der Waals surface area contributed by atoms with Crippen molar-refractivity contribution in [3.8, 4) is 5.88 Å².